The van der Waals surface area contributed by atoms with Gasteiger partial charge in [0.1, 0.15) is 5.60 Å². The van der Waals surface area contributed by atoms with Gasteiger partial charge in [-0.1, -0.05) is 50.0 Å². The molecule has 23 heavy (non-hydrogen) atoms. The van der Waals surface area contributed by atoms with Crippen LogP contribution < -0.4 is 0 Å². The van der Waals surface area contributed by atoms with Crippen molar-refractivity contribution < 1.29 is 14.6 Å². The van der Waals surface area contributed by atoms with Gasteiger partial charge in [0.05, 0.1) is 10.0 Å². The summed E-state index contributed by atoms with van der Waals surface area (Å²) in [6.45, 7) is 10.3. The second kappa shape index (κ2) is 8.32. The summed E-state index contributed by atoms with van der Waals surface area (Å²) in [4.78, 5) is 0. The van der Waals surface area contributed by atoms with Crippen LogP contribution in [-0.2, 0) is 10.0 Å². The summed E-state index contributed by atoms with van der Waals surface area (Å²) in [5.74, 6) is 0. The molecule has 2 unspecified atom stereocenters. The Labute approximate surface area is 151 Å². The average Bonchev–Trinajstić information content (AvgIpc) is 2.39. The fraction of sp³-hybridized carbons (Fsp3) is 0.647. The summed E-state index contributed by atoms with van der Waals surface area (Å²) in [6.07, 6.45) is 0.789. The van der Waals surface area contributed by atoms with E-state index in [1.807, 2.05) is 13.1 Å². The van der Waals surface area contributed by atoms with Gasteiger partial charge in [0, 0.05) is 0 Å². The van der Waals surface area contributed by atoms with Crippen LogP contribution in [-0.4, -0.2) is 25.5 Å². The Kier molecular flexibility index (Phi) is 7.58. The maximum Gasteiger partial charge on any atom is 0.208 e. The van der Waals surface area contributed by atoms with Crippen molar-refractivity contribution in [3.05, 3.63) is 33.8 Å². The highest BCUT2D eigenvalue weighted by atomic mass is 35.5. The molecule has 0 aliphatic heterocycles. The Morgan fingerprint density at radius 1 is 1.13 bits per heavy atom. The molecule has 0 spiro atoms. The molecule has 6 heteroatoms. The monoisotopic (exact) mass is 377 g/mol. The standard InChI is InChI=1S/C17H27Cl2O3Si/c1-16(2,3)9-6-10-17(21,15(20)22-23(4)5)12-7-8-13(18)14(19)11-12/h7-8,11,15,20-21H,6,9-10H2,1-5H3. The van der Waals surface area contributed by atoms with E-state index in [1.54, 1.807) is 18.2 Å². The first kappa shape index (κ1) is 20.9. The number of aliphatic hydroxyl groups is 2. The largest absolute Gasteiger partial charge is 0.390 e. The summed E-state index contributed by atoms with van der Waals surface area (Å²) >= 11 is 12.0. The summed E-state index contributed by atoms with van der Waals surface area (Å²) in [5.41, 5.74) is -0.812. The molecule has 0 amide bonds. The molecule has 1 radical (unpaired) electrons. The fourth-order valence-electron chi connectivity index (χ4n) is 2.38. The Hall–Kier alpha value is -0.103. The molecule has 0 saturated heterocycles. The van der Waals surface area contributed by atoms with Gasteiger partial charge >= 0.3 is 0 Å². The van der Waals surface area contributed by atoms with E-state index in [1.165, 1.54) is 0 Å². The third-order valence-electron chi connectivity index (χ3n) is 3.66. The molecular weight excluding hydrogens is 351 g/mol. The van der Waals surface area contributed by atoms with Crippen LogP contribution in [0.15, 0.2) is 18.2 Å². The Balaban J connectivity index is 3.06. The normalized spacial score (nSPS) is 16.4. The maximum atomic E-state index is 11.2. The van der Waals surface area contributed by atoms with Crippen LogP contribution in [0.25, 0.3) is 0 Å². The Bertz CT molecular complexity index is 517. The van der Waals surface area contributed by atoms with Crippen LogP contribution >= 0.6 is 23.2 Å². The van der Waals surface area contributed by atoms with E-state index in [0.29, 0.717) is 22.0 Å². The van der Waals surface area contributed by atoms with Gasteiger partial charge in [0.25, 0.3) is 0 Å². The molecule has 0 aliphatic carbocycles. The van der Waals surface area contributed by atoms with Crippen LogP contribution in [0.3, 0.4) is 0 Å². The summed E-state index contributed by atoms with van der Waals surface area (Å²) < 4.78 is 5.55. The van der Waals surface area contributed by atoms with Gasteiger partial charge in [-0.2, -0.15) is 0 Å². The van der Waals surface area contributed by atoms with Crippen molar-refractivity contribution in [2.24, 2.45) is 5.41 Å². The first-order chi connectivity index (χ1) is 10.5. The van der Waals surface area contributed by atoms with E-state index in [9.17, 15) is 10.2 Å². The molecule has 0 heterocycles. The van der Waals surface area contributed by atoms with Gasteiger partial charge in [-0.15, -0.1) is 0 Å². The van der Waals surface area contributed by atoms with Gasteiger partial charge in [0.2, 0.25) is 9.04 Å². The second-order valence-corrected chi connectivity index (χ2v) is 10.2. The zero-order chi connectivity index (χ0) is 17.8. The minimum absolute atomic E-state index is 0.162. The lowest BCUT2D eigenvalue weighted by Gasteiger charge is -2.35. The third-order valence-corrected chi connectivity index (χ3v) is 5.09. The zero-order valence-corrected chi connectivity index (χ0v) is 17.0. The van der Waals surface area contributed by atoms with Crippen LogP contribution in [0.5, 0.6) is 0 Å². The van der Waals surface area contributed by atoms with Crippen molar-refractivity contribution in [2.75, 3.05) is 0 Å². The highest BCUT2D eigenvalue weighted by Crippen LogP contribution is 2.36. The summed E-state index contributed by atoms with van der Waals surface area (Å²) in [7, 11) is -1.16. The van der Waals surface area contributed by atoms with Gasteiger partial charge in [0.15, 0.2) is 6.29 Å². The van der Waals surface area contributed by atoms with E-state index in [4.69, 9.17) is 27.6 Å². The van der Waals surface area contributed by atoms with Crippen molar-refractivity contribution in [3.8, 4) is 0 Å². The van der Waals surface area contributed by atoms with Crippen molar-refractivity contribution >= 4 is 32.2 Å². The fourth-order valence-corrected chi connectivity index (χ4v) is 3.32. The highest BCUT2D eigenvalue weighted by Gasteiger charge is 2.39. The van der Waals surface area contributed by atoms with E-state index >= 15 is 0 Å². The first-order valence-electron chi connectivity index (χ1n) is 7.78. The summed E-state index contributed by atoms with van der Waals surface area (Å²) in [5, 5.41) is 22.4. The molecule has 2 N–H and O–H groups in total. The molecule has 0 bridgehead atoms. The topological polar surface area (TPSA) is 49.7 Å². The number of hydrogen-bond acceptors (Lipinski definition) is 3. The van der Waals surface area contributed by atoms with Crippen LogP contribution in [0, 0.1) is 5.41 Å². The zero-order valence-electron chi connectivity index (χ0n) is 14.5. The molecule has 0 fully saturated rings. The first-order valence-corrected chi connectivity index (χ1v) is 10.9. The second-order valence-electron chi connectivity index (χ2n) is 7.35. The Morgan fingerprint density at radius 2 is 1.74 bits per heavy atom. The number of benzene rings is 1. The maximum absolute atomic E-state index is 11.2. The lowest BCUT2D eigenvalue weighted by atomic mass is 9.83. The lowest BCUT2D eigenvalue weighted by molar-refractivity contribution is -0.181. The molecule has 2 atom stereocenters. The minimum Gasteiger partial charge on any atom is -0.390 e. The predicted octanol–water partition coefficient (Wildman–Crippen LogP) is 4.98. The van der Waals surface area contributed by atoms with E-state index in [-0.39, 0.29) is 5.41 Å². The predicted molar refractivity (Wildman–Crippen MR) is 98.2 cm³/mol. The van der Waals surface area contributed by atoms with E-state index in [0.717, 1.165) is 12.8 Å². The molecular formula is C17H27Cl2O3Si. The molecule has 3 nitrogen and oxygen atoms in total. The quantitative estimate of drug-likeness (QED) is 0.519. The molecule has 0 saturated carbocycles. The highest BCUT2D eigenvalue weighted by molar-refractivity contribution is 6.48. The van der Waals surface area contributed by atoms with Crippen molar-refractivity contribution in [1.82, 2.24) is 0 Å². The molecule has 0 aliphatic rings. The third kappa shape index (κ3) is 6.37. The van der Waals surface area contributed by atoms with Crippen molar-refractivity contribution in [3.63, 3.8) is 0 Å². The van der Waals surface area contributed by atoms with Crippen LogP contribution in [0.2, 0.25) is 23.1 Å². The number of aliphatic hydroxyl groups excluding tert-OH is 1. The minimum atomic E-state index is -1.50. The van der Waals surface area contributed by atoms with Gasteiger partial charge < -0.3 is 14.6 Å². The molecule has 1 rings (SSSR count). The molecule has 1 aromatic rings. The number of hydrogen-bond donors (Lipinski definition) is 2. The van der Waals surface area contributed by atoms with E-state index in [2.05, 4.69) is 20.8 Å². The molecule has 0 aromatic heterocycles. The smallest absolute Gasteiger partial charge is 0.208 e. The molecule has 131 valence electrons. The number of halogens is 2. The van der Waals surface area contributed by atoms with E-state index < -0.39 is 20.9 Å². The Morgan fingerprint density at radius 3 is 2.22 bits per heavy atom. The lowest BCUT2D eigenvalue weighted by Crippen LogP contribution is -2.43. The summed E-state index contributed by atoms with van der Waals surface area (Å²) in [6, 6.07) is 4.92. The van der Waals surface area contributed by atoms with Gasteiger partial charge in [-0.25, -0.2) is 0 Å². The number of rotatable bonds is 7. The van der Waals surface area contributed by atoms with Crippen LogP contribution in [0.4, 0.5) is 0 Å². The van der Waals surface area contributed by atoms with Gasteiger partial charge in [-0.3, -0.25) is 0 Å². The van der Waals surface area contributed by atoms with Crippen LogP contribution in [0.1, 0.15) is 45.6 Å². The van der Waals surface area contributed by atoms with Crippen molar-refractivity contribution in [2.45, 2.75) is 65.0 Å². The SMILES string of the molecule is C[Si](C)OC(O)C(O)(CCCC(C)(C)C)c1ccc(Cl)c(Cl)c1. The van der Waals surface area contributed by atoms with Crippen molar-refractivity contribution in [1.29, 1.82) is 0 Å². The average molecular weight is 378 g/mol. The van der Waals surface area contributed by atoms with Gasteiger partial charge in [-0.05, 0) is 55.5 Å². The molecule has 1 aromatic carbocycles.